The van der Waals surface area contributed by atoms with Gasteiger partial charge >= 0.3 is 0 Å². The summed E-state index contributed by atoms with van der Waals surface area (Å²) in [5.41, 5.74) is 8.59. The first-order valence-corrected chi connectivity index (χ1v) is 8.58. The van der Waals surface area contributed by atoms with Gasteiger partial charge in [-0.2, -0.15) is 0 Å². The van der Waals surface area contributed by atoms with E-state index in [2.05, 4.69) is 70.4 Å². The van der Waals surface area contributed by atoms with Crippen LogP contribution in [0.2, 0.25) is 0 Å². The molecule has 0 bridgehead atoms. The fraction of sp³-hybridized carbons (Fsp3) is 0.375. The number of thiophene rings is 1. The molecule has 0 aliphatic carbocycles. The number of nitrogens with zero attached hydrogens (tertiary/aromatic N) is 1. The van der Waals surface area contributed by atoms with Crippen LogP contribution < -0.4 is 10.6 Å². The second kappa shape index (κ2) is 7.25. The minimum absolute atomic E-state index is 0.170. The molecule has 1 aromatic carbocycles. The van der Waals surface area contributed by atoms with Crippen LogP contribution in [0.15, 0.2) is 40.2 Å². The third-order valence-electron chi connectivity index (χ3n) is 3.23. The molecule has 0 radical (unpaired) electrons. The molecule has 2 rings (SSSR count). The van der Waals surface area contributed by atoms with Crippen LogP contribution in [-0.2, 0) is 13.0 Å². The number of hydrogen-bond acceptors (Lipinski definition) is 3. The summed E-state index contributed by atoms with van der Waals surface area (Å²) in [6.45, 7) is 6.21. The zero-order chi connectivity index (χ0) is 14.5. The van der Waals surface area contributed by atoms with Crippen molar-refractivity contribution < 1.29 is 0 Å². The highest BCUT2D eigenvalue weighted by molar-refractivity contribution is 9.10. The molecular weight excluding hydrogens is 332 g/mol. The molecule has 108 valence electrons. The Morgan fingerprint density at radius 2 is 2.15 bits per heavy atom. The maximum Gasteiger partial charge on any atom is 0.0522 e. The monoisotopic (exact) mass is 352 g/mol. The first-order valence-electron chi connectivity index (χ1n) is 6.91. The van der Waals surface area contributed by atoms with Crippen molar-refractivity contribution in [1.29, 1.82) is 0 Å². The van der Waals surface area contributed by atoms with Gasteiger partial charge < -0.3 is 10.6 Å². The summed E-state index contributed by atoms with van der Waals surface area (Å²) in [6, 6.07) is 11.0. The van der Waals surface area contributed by atoms with Crippen molar-refractivity contribution >= 4 is 33.0 Å². The van der Waals surface area contributed by atoms with Gasteiger partial charge in [-0.1, -0.05) is 22.0 Å². The van der Waals surface area contributed by atoms with Gasteiger partial charge in [0, 0.05) is 27.6 Å². The number of hydrogen-bond donors (Lipinski definition) is 1. The number of nitrogens with two attached hydrogens (primary N) is 1. The van der Waals surface area contributed by atoms with E-state index in [1.54, 1.807) is 0 Å². The molecule has 0 amide bonds. The minimum Gasteiger partial charge on any atom is -0.366 e. The molecule has 0 spiro atoms. The largest absolute Gasteiger partial charge is 0.366 e. The van der Waals surface area contributed by atoms with Crippen molar-refractivity contribution in [2.45, 2.75) is 32.9 Å². The van der Waals surface area contributed by atoms with Crippen LogP contribution in [-0.4, -0.2) is 12.6 Å². The highest BCUT2D eigenvalue weighted by atomic mass is 79.9. The molecule has 0 fully saturated rings. The Kier molecular flexibility index (Phi) is 5.64. The van der Waals surface area contributed by atoms with E-state index in [9.17, 15) is 0 Å². The number of anilines is 1. The lowest BCUT2D eigenvalue weighted by Crippen LogP contribution is -2.25. The highest BCUT2D eigenvalue weighted by Crippen LogP contribution is 2.27. The van der Waals surface area contributed by atoms with E-state index >= 15 is 0 Å². The third kappa shape index (κ3) is 4.08. The molecule has 2 nitrogen and oxygen atoms in total. The third-order valence-corrected chi connectivity index (χ3v) is 4.59. The van der Waals surface area contributed by atoms with Gasteiger partial charge in [0.1, 0.15) is 0 Å². The van der Waals surface area contributed by atoms with Gasteiger partial charge in [0.25, 0.3) is 0 Å². The molecule has 1 aromatic heterocycles. The average molecular weight is 353 g/mol. The van der Waals surface area contributed by atoms with E-state index in [0.717, 1.165) is 24.0 Å². The van der Waals surface area contributed by atoms with Crippen molar-refractivity contribution in [2.24, 2.45) is 5.73 Å². The quantitative estimate of drug-likeness (QED) is 0.833. The Morgan fingerprint density at radius 1 is 1.35 bits per heavy atom. The maximum absolute atomic E-state index is 5.99. The van der Waals surface area contributed by atoms with Crippen LogP contribution >= 0.6 is 27.3 Å². The summed E-state index contributed by atoms with van der Waals surface area (Å²) in [6.07, 6.45) is 0.899. The molecular formula is C16H21BrN2S. The van der Waals surface area contributed by atoms with Crippen LogP contribution in [0.25, 0.3) is 0 Å². The van der Waals surface area contributed by atoms with Gasteiger partial charge in [0.15, 0.2) is 0 Å². The lowest BCUT2D eigenvalue weighted by molar-refractivity contribution is 0.730. The Balaban J connectivity index is 2.28. The zero-order valence-electron chi connectivity index (χ0n) is 12.0. The Labute approximate surface area is 133 Å². The smallest absolute Gasteiger partial charge is 0.0522 e. The second-order valence-electron chi connectivity index (χ2n) is 5.05. The van der Waals surface area contributed by atoms with E-state index in [1.807, 2.05) is 11.3 Å². The van der Waals surface area contributed by atoms with Gasteiger partial charge in [-0.15, -0.1) is 11.3 Å². The Bertz CT molecular complexity index is 537. The Hall–Kier alpha value is -0.840. The fourth-order valence-electron chi connectivity index (χ4n) is 2.33. The van der Waals surface area contributed by atoms with E-state index in [0.29, 0.717) is 0 Å². The second-order valence-corrected chi connectivity index (χ2v) is 7.00. The Morgan fingerprint density at radius 3 is 2.75 bits per heavy atom. The van der Waals surface area contributed by atoms with Crippen LogP contribution in [0.3, 0.4) is 0 Å². The maximum atomic E-state index is 5.99. The molecule has 1 heterocycles. The first-order chi connectivity index (χ1) is 9.60. The van der Waals surface area contributed by atoms with Gasteiger partial charge in [0.05, 0.1) is 6.54 Å². The summed E-state index contributed by atoms with van der Waals surface area (Å²) in [5.74, 6) is 0. The van der Waals surface area contributed by atoms with Crippen molar-refractivity contribution in [3.05, 3.63) is 50.6 Å². The van der Waals surface area contributed by atoms with Crippen LogP contribution in [0, 0.1) is 0 Å². The lowest BCUT2D eigenvalue weighted by atomic mass is 10.0. The van der Waals surface area contributed by atoms with Crippen LogP contribution in [0.4, 0.5) is 5.69 Å². The molecule has 1 unspecified atom stereocenters. The normalized spacial score (nSPS) is 12.4. The van der Waals surface area contributed by atoms with E-state index in [4.69, 9.17) is 5.73 Å². The summed E-state index contributed by atoms with van der Waals surface area (Å²) in [5, 5.41) is 2.13. The number of benzene rings is 1. The van der Waals surface area contributed by atoms with E-state index in [1.165, 1.54) is 16.1 Å². The SMILES string of the molecule is CCN(Cc1cccs1)c1ccc(Br)cc1CC(C)N. The predicted octanol–water partition coefficient (Wildman–Crippen LogP) is 4.43. The lowest BCUT2D eigenvalue weighted by Gasteiger charge is -2.26. The number of rotatable bonds is 6. The molecule has 2 N–H and O–H groups in total. The highest BCUT2D eigenvalue weighted by Gasteiger charge is 2.12. The van der Waals surface area contributed by atoms with Crippen molar-refractivity contribution in [2.75, 3.05) is 11.4 Å². The van der Waals surface area contributed by atoms with Crippen molar-refractivity contribution in [3.63, 3.8) is 0 Å². The topological polar surface area (TPSA) is 29.3 Å². The molecule has 0 saturated carbocycles. The van der Waals surface area contributed by atoms with Crippen LogP contribution in [0.1, 0.15) is 24.3 Å². The van der Waals surface area contributed by atoms with E-state index < -0.39 is 0 Å². The van der Waals surface area contributed by atoms with Gasteiger partial charge in [-0.25, -0.2) is 0 Å². The summed E-state index contributed by atoms with van der Waals surface area (Å²) < 4.78 is 1.11. The van der Waals surface area contributed by atoms with Crippen molar-refractivity contribution in [3.8, 4) is 0 Å². The summed E-state index contributed by atoms with van der Waals surface area (Å²) in [4.78, 5) is 3.80. The van der Waals surface area contributed by atoms with Gasteiger partial charge in [0.2, 0.25) is 0 Å². The van der Waals surface area contributed by atoms with Crippen molar-refractivity contribution in [1.82, 2.24) is 0 Å². The first kappa shape index (κ1) is 15.5. The fourth-order valence-corrected chi connectivity index (χ4v) is 3.46. The summed E-state index contributed by atoms with van der Waals surface area (Å²) in [7, 11) is 0. The number of halogens is 1. The molecule has 20 heavy (non-hydrogen) atoms. The summed E-state index contributed by atoms with van der Waals surface area (Å²) >= 11 is 5.37. The molecule has 0 saturated heterocycles. The zero-order valence-corrected chi connectivity index (χ0v) is 14.4. The molecule has 0 aliphatic rings. The van der Waals surface area contributed by atoms with E-state index in [-0.39, 0.29) is 6.04 Å². The minimum atomic E-state index is 0.170. The molecule has 4 heteroatoms. The molecule has 1 atom stereocenters. The average Bonchev–Trinajstić information content (AvgIpc) is 2.89. The van der Waals surface area contributed by atoms with Crippen LogP contribution in [0.5, 0.6) is 0 Å². The molecule has 0 aliphatic heterocycles. The predicted molar refractivity (Wildman–Crippen MR) is 92.5 cm³/mol. The molecule has 2 aromatic rings. The van der Waals surface area contributed by atoms with Gasteiger partial charge in [-0.3, -0.25) is 0 Å². The van der Waals surface area contributed by atoms with Gasteiger partial charge in [-0.05, 0) is 55.5 Å². The standard InChI is InChI=1S/C16H21BrN2S/c1-3-19(11-15-5-4-8-20-15)16-7-6-14(17)10-13(16)9-12(2)18/h4-8,10,12H,3,9,11,18H2,1-2H3.